The standard InChI is InChI=1S/C14H27N/c1-3-12-9-6-10-14(12)15-11(2)13-7-4-5-8-13/h11-15H,3-10H2,1-2H3. The van der Waals surface area contributed by atoms with E-state index in [1.807, 2.05) is 0 Å². The molecule has 0 aromatic heterocycles. The average molecular weight is 209 g/mol. The topological polar surface area (TPSA) is 12.0 Å². The highest BCUT2D eigenvalue weighted by Gasteiger charge is 2.29. The summed E-state index contributed by atoms with van der Waals surface area (Å²) in [4.78, 5) is 0. The lowest BCUT2D eigenvalue weighted by Gasteiger charge is -2.28. The van der Waals surface area contributed by atoms with E-state index in [1.165, 1.54) is 51.4 Å². The molecular weight excluding hydrogens is 182 g/mol. The van der Waals surface area contributed by atoms with Crippen LogP contribution in [0.3, 0.4) is 0 Å². The third kappa shape index (κ3) is 2.75. The molecule has 3 unspecified atom stereocenters. The van der Waals surface area contributed by atoms with Crippen molar-refractivity contribution in [3.8, 4) is 0 Å². The third-order valence-corrected chi connectivity index (χ3v) is 4.77. The fourth-order valence-electron chi connectivity index (χ4n) is 3.68. The fourth-order valence-corrected chi connectivity index (χ4v) is 3.68. The predicted molar refractivity (Wildman–Crippen MR) is 66.0 cm³/mol. The molecule has 2 aliphatic rings. The van der Waals surface area contributed by atoms with Crippen LogP contribution in [0.4, 0.5) is 0 Å². The summed E-state index contributed by atoms with van der Waals surface area (Å²) in [5, 5.41) is 3.92. The molecule has 15 heavy (non-hydrogen) atoms. The molecule has 3 atom stereocenters. The van der Waals surface area contributed by atoms with Gasteiger partial charge in [0.1, 0.15) is 0 Å². The Morgan fingerprint density at radius 3 is 2.47 bits per heavy atom. The van der Waals surface area contributed by atoms with Gasteiger partial charge in [0.25, 0.3) is 0 Å². The molecule has 0 aliphatic heterocycles. The maximum atomic E-state index is 3.92. The van der Waals surface area contributed by atoms with Gasteiger partial charge < -0.3 is 5.32 Å². The summed E-state index contributed by atoms with van der Waals surface area (Å²) in [6.45, 7) is 4.77. The molecule has 1 N–H and O–H groups in total. The van der Waals surface area contributed by atoms with Crippen LogP contribution < -0.4 is 5.32 Å². The Morgan fingerprint density at radius 1 is 1.07 bits per heavy atom. The molecule has 0 aromatic carbocycles. The predicted octanol–water partition coefficient (Wildman–Crippen LogP) is 3.73. The summed E-state index contributed by atoms with van der Waals surface area (Å²) in [5.74, 6) is 1.94. The van der Waals surface area contributed by atoms with Gasteiger partial charge in [0.05, 0.1) is 0 Å². The number of hydrogen-bond donors (Lipinski definition) is 1. The van der Waals surface area contributed by atoms with Gasteiger partial charge in [0.15, 0.2) is 0 Å². The van der Waals surface area contributed by atoms with Crippen molar-refractivity contribution in [1.29, 1.82) is 0 Å². The van der Waals surface area contributed by atoms with Crippen molar-refractivity contribution < 1.29 is 0 Å². The van der Waals surface area contributed by atoms with Crippen LogP contribution in [0.15, 0.2) is 0 Å². The number of hydrogen-bond acceptors (Lipinski definition) is 1. The van der Waals surface area contributed by atoms with Gasteiger partial charge >= 0.3 is 0 Å². The molecule has 0 spiro atoms. The second-order valence-electron chi connectivity index (χ2n) is 5.71. The van der Waals surface area contributed by atoms with E-state index in [0.717, 1.165) is 23.9 Å². The Bertz CT molecular complexity index is 184. The number of nitrogens with one attached hydrogen (secondary N) is 1. The summed E-state index contributed by atoms with van der Waals surface area (Å²) in [7, 11) is 0. The first-order valence-corrected chi connectivity index (χ1v) is 7.07. The minimum atomic E-state index is 0.768. The highest BCUT2D eigenvalue weighted by molar-refractivity contribution is 4.87. The van der Waals surface area contributed by atoms with Crippen molar-refractivity contribution in [2.75, 3.05) is 0 Å². The molecule has 0 amide bonds. The van der Waals surface area contributed by atoms with Crippen molar-refractivity contribution in [3.63, 3.8) is 0 Å². The zero-order valence-corrected chi connectivity index (χ0v) is 10.5. The summed E-state index contributed by atoms with van der Waals surface area (Å²) >= 11 is 0. The molecule has 0 heterocycles. The molecule has 1 heteroatoms. The van der Waals surface area contributed by atoms with Crippen LogP contribution in [0.25, 0.3) is 0 Å². The fraction of sp³-hybridized carbons (Fsp3) is 1.00. The van der Waals surface area contributed by atoms with Crippen molar-refractivity contribution in [3.05, 3.63) is 0 Å². The van der Waals surface area contributed by atoms with Gasteiger partial charge in [-0.2, -0.15) is 0 Å². The molecule has 2 aliphatic carbocycles. The highest BCUT2D eigenvalue weighted by atomic mass is 15.0. The third-order valence-electron chi connectivity index (χ3n) is 4.77. The average Bonchev–Trinajstić information content (AvgIpc) is 2.87. The van der Waals surface area contributed by atoms with Crippen LogP contribution in [0.5, 0.6) is 0 Å². The van der Waals surface area contributed by atoms with Gasteiger partial charge in [-0.05, 0) is 44.4 Å². The van der Waals surface area contributed by atoms with E-state index in [1.54, 1.807) is 0 Å². The molecule has 2 saturated carbocycles. The molecular formula is C14H27N. The summed E-state index contributed by atoms with van der Waals surface area (Å²) < 4.78 is 0. The van der Waals surface area contributed by atoms with Crippen molar-refractivity contribution >= 4 is 0 Å². The van der Waals surface area contributed by atoms with Crippen LogP contribution in [-0.2, 0) is 0 Å². The lowest BCUT2D eigenvalue weighted by molar-refractivity contribution is 0.299. The summed E-state index contributed by atoms with van der Waals surface area (Å²) in [6.07, 6.45) is 11.6. The van der Waals surface area contributed by atoms with Gasteiger partial charge in [-0.1, -0.05) is 32.6 Å². The summed E-state index contributed by atoms with van der Waals surface area (Å²) in [6, 6.07) is 1.61. The highest BCUT2D eigenvalue weighted by Crippen LogP contribution is 2.32. The van der Waals surface area contributed by atoms with E-state index < -0.39 is 0 Å². The first kappa shape index (κ1) is 11.4. The van der Waals surface area contributed by atoms with Crippen LogP contribution in [0, 0.1) is 11.8 Å². The van der Waals surface area contributed by atoms with Gasteiger partial charge in [0, 0.05) is 12.1 Å². The largest absolute Gasteiger partial charge is 0.311 e. The maximum absolute atomic E-state index is 3.92. The molecule has 0 aromatic rings. The Labute approximate surface area is 95.0 Å². The van der Waals surface area contributed by atoms with E-state index in [0.29, 0.717) is 0 Å². The Balaban J connectivity index is 1.79. The van der Waals surface area contributed by atoms with E-state index in [9.17, 15) is 0 Å². The van der Waals surface area contributed by atoms with Crippen molar-refractivity contribution in [2.24, 2.45) is 11.8 Å². The first-order valence-electron chi connectivity index (χ1n) is 7.07. The molecule has 0 saturated heterocycles. The molecule has 88 valence electrons. The molecule has 0 bridgehead atoms. The van der Waals surface area contributed by atoms with Gasteiger partial charge in [-0.15, -0.1) is 0 Å². The van der Waals surface area contributed by atoms with Gasteiger partial charge in [0.2, 0.25) is 0 Å². The Morgan fingerprint density at radius 2 is 1.80 bits per heavy atom. The van der Waals surface area contributed by atoms with E-state index in [-0.39, 0.29) is 0 Å². The number of rotatable bonds is 4. The normalized spacial score (nSPS) is 34.8. The minimum Gasteiger partial charge on any atom is -0.311 e. The Kier molecular flexibility index (Phi) is 4.07. The maximum Gasteiger partial charge on any atom is 0.00978 e. The van der Waals surface area contributed by atoms with Crippen LogP contribution in [0.2, 0.25) is 0 Å². The quantitative estimate of drug-likeness (QED) is 0.744. The van der Waals surface area contributed by atoms with Crippen molar-refractivity contribution in [2.45, 2.75) is 77.3 Å². The second-order valence-corrected chi connectivity index (χ2v) is 5.71. The molecule has 2 fully saturated rings. The Hall–Kier alpha value is -0.0400. The van der Waals surface area contributed by atoms with E-state index in [4.69, 9.17) is 0 Å². The zero-order chi connectivity index (χ0) is 10.7. The SMILES string of the molecule is CCC1CCCC1NC(C)C1CCCC1. The minimum absolute atomic E-state index is 0.768. The van der Waals surface area contributed by atoms with E-state index in [2.05, 4.69) is 19.2 Å². The van der Waals surface area contributed by atoms with Gasteiger partial charge in [-0.25, -0.2) is 0 Å². The van der Waals surface area contributed by atoms with Crippen molar-refractivity contribution in [1.82, 2.24) is 5.32 Å². The van der Waals surface area contributed by atoms with Crippen LogP contribution in [-0.4, -0.2) is 12.1 Å². The zero-order valence-electron chi connectivity index (χ0n) is 10.5. The van der Waals surface area contributed by atoms with Crippen LogP contribution in [0.1, 0.15) is 65.2 Å². The smallest absolute Gasteiger partial charge is 0.00978 e. The lowest BCUT2D eigenvalue weighted by atomic mass is 9.95. The van der Waals surface area contributed by atoms with E-state index >= 15 is 0 Å². The summed E-state index contributed by atoms with van der Waals surface area (Å²) in [5.41, 5.74) is 0. The van der Waals surface area contributed by atoms with Gasteiger partial charge in [-0.3, -0.25) is 0 Å². The second kappa shape index (κ2) is 5.34. The van der Waals surface area contributed by atoms with Crippen LogP contribution >= 0.6 is 0 Å². The molecule has 0 radical (unpaired) electrons. The lowest BCUT2D eigenvalue weighted by Crippen LogP contribution is -2.42. The first-order chi connectivity index (χ1) is 7.31. The monoisotopic (exact) mass is 209 g/mol. The molecule has 2 rings (SSSR count). The molecule has 1 nitrogen and oxygen atoms in total.